The van der Waals surface area contributed by atoms with Crippen molar-refractivity contribution in [3.63, 3.8) is 0 Å². The van der Waals surface area contributed by atoms with Crippen LogP contribution in [0.5, 0.6) is 5.75 Å². The molecular formula is C23H19N3O5. The number of carbonyl (C=O) groups excluding carboxylic acids is 2. The number of aromatic nitrogens is 1. The number of aromatic amines is 1. The number of H-pyrrole nitrogens is 1. The Morgan fingerprint density at radius 2 is 2.16 bits per heavy atom. The maximum Gasteiger partial charge on any atom is 0.294 e. The number of benzene rings is 2. The van der Waals surface area contributed by atoms with Crippen molar-refractivity contribution in [3.05, 3.63) is 57.8 Å². The van der Waals surface area contributed by atoms with Crippen molar-refractivity contribution in [1.82, 2.24) is 4.98 Å². The number of nitrogens with zero attached hydrogens (tertiary/aromatic N) is 2. The topological polar surface area (TPSA) is 116 Å². The summed E-state index contributed by atoms with van der Waals surface area (Å²) < 4.78 is 5.73. The molecule has 0 saturated heterocycles. The number of furan rings is 1. The third-order valence-electron chi connectivity index (χ3n) is 6.08. The Morgan fingerprint density at radius 3 is 2.87 bits per heavy atom. The molecule has 2 aromatic carbocycles. The minimum absolute atomic E-state index is 0.00574. The van der Waals surface area contributed by atoms with Crippen molar-refractivity contribution < 1.29 is 19.1 Å². The Hall–Kier alpha value is -3.94. The van der Waals surface area contributed by atoms with Gasteiger partial charge in [-0.2, -0.15) is 0 Å². The molecule has 8 nitrogen and oxygen atoms in total. The van der Waals surface area contributed by atoms with E-state index < -0.39 is 0 Å². The highest BCUT2D eigenvalue weighted by molar-refractivity contribution is 6.12. The summed E-state index contributed by atoms with van der Waals surface area (Å²) in [5.74, 6) is -0.245. The number of phenolic OH excluding ortho intramolecular Hbond substituents is 1. The second-order valence-electron chi connectivity index (χ2n) is 7.81. The molecule has 31 heavy (non-hydrogen) atoms. The molecule has 3 heterocycles. The van der Waals surface area contributed by atoms with Gasteiger partial charge in [-0.25, -0.2) is 0 Å². The van der Waals surface area contributed by atoms with Gasteiger partial charge in [0.05, 0.1) is 11.2 Å². The number of phenols is 1. The van der Waals surface area contributed by atoms with Crippen LogP contribution in [0.25, 0.3) is 21.9 Å². The smallest absolute Gasteiger partial charge is 0.294 e. The monoisotopic (exact) mass is 417 g/mol. The van der Waals surface area contributed by atoms with Gasteiger partial charge in [0.1, 0.15) is 17.0 Å². The van der Waals surface area contributed by atoms with Crippen LogP contribution in [0.1, 0.15) is 51.4 Å². The number of nitroso groups, excluding NO2 is 1. The highest BCUT2D eigenvalue weighted by atomic mass is 16.3. The van der Waals surface area contributed by atoms with Gasteiger partial charge in [0.15, 0.2) is 12.0 Å². The van der Waals surface area contributed by atoms with E-state index in [0.717, 1.165) is 18.3 Å². The van der Waals surface area contributed by atoms with Crippen LogP contribution < -0.4 is 4.90 Å². The van der Waals surface area contributed by atoms with Crippen molar-refractivity contribution in [2.45, 2.75) is 26.2 Å². The number of amides is 1. The summed E-state index contributed by atoms with van der Waals surface area (Å²) in [5.41, 5.74) is 3.84. The molecule has 0 fully saturated rings. The Labute approximate surface area is 176 Å². The van der Waals surface area contributed by atoms with E-state index in [1.165, 1.54) is 6.07 Å². The van der Waals surface area contributed by atoms with Crippen LogP contribution in [0.2, 0.25) is 0 Å². The number of carbonyl (C=O) groups is 2. The van der Waals surface area contributed by atoms with Gasteiger partial charge in [0.2, 0.25) is 0 Å². The van der Waals surface area contributed by atoms with Gasteiger partial charge in [0.25, 0.3) is 5.91 Å². The summed E-state index contributed by atoms with van der Waals surface area (Å²) in [7, 11) is 0. The van der Waals surface area contributed by atoms with Crippen molar-refractivity contribution in [3.8, 4) is 5.75 Å². The molecule has 0 unspecified atom stereocenters. The largest absolute Gasteiger partial charge is 0.506 e. The summed E-state index contributed by atoms with van der Waals surface area (Å²) in [6.07, 6.45) is 1.54. The van der Waals surface area contributed by atoms with Gasteiger partial charge in [-0.15, -0.1) is 4.91 Å². The fraction of sp³-hybridized carbons (Fsp3) is 0.217. The maximum atomic E-state index is 13.4. The third kappa shape index (κ3) is 2.68. The fourth-order valence-electron chi connectivity index (χ4n) is 4.56. The first-order valence-electron chi connectivity index (χ1n) is 9.98. The van der Waals surface area contributed by atoms with Gasteiger partial charge in [-0.05, 0) is 48.4 Å². The lowest BCUT2D eigenvalue weighted by Crippen LogP contribution is -2.29. The van der Waals surface area contributed by atoms with Crippen LogP contribution >= 0.6 is 0 Å². The van der Waals surface area contributed by atoms with Gasteiger partial charge in [0, 0.05) is 40.6 Å². The van der Waals surface area contributed by atoms with Gasteiger partial charge in [-0.3, -0.25) is 9.59 Å². The molecule has 0 radical (unpaired) electrons. The number of hydrogen-bond donors (Lipinski definition) is 2. The minimum Gasteiger partial charge on any atom is -0.506 e. The average Bonchev–Trinajstić information content (AvgIpc) is 3.45. The summed E-state index contributed by atoms with van der Waals surface area (Å²) in [5, 5.41) is 14.8. The molecule has 1 aliphatic heterocycles. The molecule has 2 N–H and O–H groups in total. The van der Waals surface area contributed by atoms with Crippen LogP contribution in [0.15, 0.2) is 39.9 Å². The van der Waals surface area contributed by atoms with Crippen molar-refractivity contribution in [2.75, 3.05) is 11.4 Å². The van der Waals surface area contributed by atoms with Crippen molar-refractivity contribution in [2.24, 2.45) is 5.18 Å². The van der Waals surface area contributed by atoms with E-state index in [0.29, 0.717) is 45.4 Å². The van der Waals surface area contributed by atoms with Crippen LogP contribution in [0.4, 0.5) is 11.4 Å². The molecule has 1 aliphatic rings. The molecule has 8 heteroatoms. The maximum absolute atomic E-state index is 13.4. The highest BCUT2D eigenvalue weighted by Gasteiger charge is 2.37. The van der Waals surface area contributed by atoms with E-state index in [9.17, 15) is 19.6 Å². The summed E-state index contributed by atoms with van der Waals surface area (Å²) >= 11 is 0. The van der Waals surface area contributed by atoms with Gasteiger partial charge in [-0.1, -0.05) is 6.92 Å². The molecular weight excluding hydrogens is 398 g/mol. The molecule has 0 aliphatic carbocycles. The number of aromatic hydroxyl groups is 1. The zero-order valence-corrected chi connectivity index (χ0v) is 16.9. The Morgan fingerprint density at radius 1 is 1.35 bits per heavy atom. The van der Waals surface area contributed by atoms with Crippen molar-refractivity contribution in [1.29, 1.82) is 0 Å². The average molecular weight is 417 g/mol. The number of hydrogen-bond acceptors (Lipinski definition) is 6. The van der Waals surface area contributed by atoms with Crippen LogP contribution in [-0.2, 0) is 0 Å². The lowest BCUT2D eigenvalue weighted by atomic mass is 9.93. The Bertz CT molecular complexity index is 1400. The predicted octanol–water partition coefficient (Wildman–Crippen LogP) is 5.29. The minimum atomic E-state index is -0.354. The first-order valence-corrected chi connectivity index (χ1v) is 9.98. The van der Waals surface area contributed by atoms with E-state index in [1.54, 1.807) is 36.1 Å². The molecule has 2 aromatic heterocycles. The highest BCUT2D eigenvalue weighted by Crippen LogP contribution is 2.47. The van der Waals surface area contributed by atoms with E-state index in [2.05, 4.69) is 10.2 Å². The Kier molecular flexibility index (Phi) is 4.18. The summed E-state index contributed by atoms with van der Waals surface area (Å²) in [6, 6.07) is 7.83. The molecule has 156 valence electrons. The zero-order valence-electron chi connectivity index (χ0n) is 16.9. The molecule has 4 aromatic rings. The number of aryl methyl sites for hydroxylation is 1. The van der Waals surface area contributed by atoms with E-state index in [1.807, 2.05) is 6.92 Å². The van der Waals surface area contributed by atoms with E-state index >= 15 is 0 Å². The third-order valence-corrected chi connectivity index (χ3v) is 6.08. The first kappa shape index (κ1) is 19.0. The predicted molar refractivity (Wildman–Crippen MR) is 116 cm³/mol. The first-order chi connectivity index (χ1) is 15.0. The molecule has 0 spiro atoms. The number of anilines is 1. The van der Waals surface area contributed by atoms with Crippen LogP contribution in [-0.4, -0.2) is 28.8 Å². The van der Waals surface area contributed by atoms with E-state index in [4.69, 9.17) is 4.42 Å². The quantitative estimate of drug-likeness (QED) is 0.346. The fourth-order valence-corrected chi connectivity index (χ4v) is 4.56. The summed E-state index contributed by atoms with van der Waals surface area (Å²) in [4.78, 5) is 40.6. The summed E-state index contributed by atoms with van der Waals surface area (Å²) in [6.45, 7) is 4.21. The Balaban J connectivity index is 1.67. The molecule has 5 rings (SSSR count). The SMILES string of the molecule is CC[C@@H]1CN(C(=O)c2cc3cc(N=O)ccc3o2)c2cc(O)c3[nH]c(C)c(C=O)c3c21. The molecule has 1 atom stereocenters. The normalized spacial score (nSPS) is 15.5. The van der Waals surface area contributed by atoms with Crippen LogP contribution in [0.3, 0.4) is 0 Å². The second kappa shape index (κ2) is 6.80. The standard InChI is InChI=1S/C23H19N3O5/c1-3-12-9-26(23(29)19-7-13-6-14(25-30)4-5-18(13)31-19)16-8-17(28)22-21(20(12)16)15(10-27)11(2)24-22/h4-8,10,12,24,28H,3,9H2,1-2H3/t12-/m1/s1. The van der Waals surface area contributed by atoms with Gasteiger partial charge >= 0.3 is 0 Å². The molecule has 0 saturated carbocycles. The van der Waals surface area contributed by atoms with Gasteiger partial charge < -0.3 is 19.4 Å². The number of fused-ring (bicyclic) bond motifs is 4. The van der Waals surface area contributed by atoms with E-state index in [-0.39, 0.29) is 29.0 Å². The lowest BCUT2D eigenvalue weighted by Gasteiger charge is -2.16. The van der Waals surface area contributed by atoms with Crippen LogP contribution in [0, 0.1) is 11.8 Å². The zero-order chi connectivity index (χ0) is 21.9. The second-order valence-corrected chi connectivity index (χ2v) is 7.81. The molecule has 0 bridgehead atoms. The number of aldehydes is 1. The number of nitrogens with one attached hydrogen (secondary N) is 1. The lowest BCUT2D eigenvalue weighted by molar-refractivity contribution is 0.0963. The van der Waals surface area contributed by atoms with Crippen molar-refractivity contribution >= 4 is 45.4 Å². The molecule has 1 amide bonds. The number of rotatable bonds is 4.